The van der Waals surface area contributed by atoms with Crippen LogP contribution in [0, 0.1) is 5.92 Å². The molecule has 5 atom stereocenters. The van der Waals surface area contributed by atoms with Crippen molar-refractivity contribution in [2.24, 2.45) is 11.7 Å². The van der Waals surface area contributed by atoms with Crippen molar-refractivity contribution in [3.8, 4) is 0 Å². The van der Waals surface area contributed by atoms with Crippen LogP contribution in [0.25, 0.3) is 0 Å². The van der Waals surface area contributed by atoms with Gasteiger partial charge in [-0.05, 0) is 53.4 Å². The molecule has 4 N–H and O–H groups in total. The largest absolute Gasteiger partial charge is 0.444 e. The number of halogens is 3. The maximum Gasteiger partial charge on any atom is 0.416 e. The summed E-state index contributed by atoms with van der Waals surface area (Å²) in [6.45, 7) is 10.1. The second-order valence-corrected chi connectivity index (χ2v) is 10.1. The maximum atomic E-state index is 13.6. The van der Waals surface area contributed by atoms with Gasteiger partial charge in [-0.15, -0.1) is 0 Å². The van der Waals surface area contributed by atoms with Gasteiger partial charge in [0, 0.05) is 6.54 Å². The van der Waals surface area contributed by atoms with Crippen molar-refractivity contribution in [2.45, 2.75) is 103 Å². The van der Waals surface area contributed by atoms with Crippen LogP contribution in [0.5, 0.6) is 0 Å². The fraction of sp³-hybridized carbons (Fsp3) is 0.818. The number of hydrogen-bond acceptors (Lipinski definition) is 7. The van der Waals surface area contributed by atoms with Crippen molar-refractivity contribution in [3.63, 3.8) is 0 Å². The molecule has 1 fully saturated rings. The average molecular weight is 511 g/mol. The van der Waals surface area contributed by atoms with Crippen molar-refractivity contribution in [2.75, 3.05) is 6.54 Å². The average Bonchev–Trinajstić information content (AvgIpc) is 3.16. The van der Waals surface area contributed by atoms with Gasteiger partial charge in [-0.25, -0.2) is 4.79 Å². The topological polar surface area (TPSA) is 142 Å². The lowest BCUT2D eigenvalue weighted by atomic mass is 9.94. The molecule has 2 unspecified atom stereocenters. The minimum absolute atomic E-state index is 0.0991. The van der Waals surface area contributed by atoms with Crippen LogP contribution in [-0.2, 0) is 19.1 Å². The van der Waals surface area contributed by atoms with E-state index in [1.54, 1.807) is 20.8 Å². The van der Waals surface area contributed by atoms with E-state index in [1.807, 2.05) is 0 Å². The van der Waals surface area contributed by atoms with Gasteiger partial charge in [-0.3, -0.25) is 19.3 Å². The second-order valence-electron chi connectivity index (χ2n) is 10.1. The van der Waals surface area contributed by atoms with Gasteiger partial charge in [-0.2, -0.15) is 13.2 Å². The van der Waals surface area contributed by atoms with E-state index in [0.29, 0.717) is 11.3 Å². The van der Waals surface area contributed by atoms with Gasteiger partial charge in [-0.1, -0.05) is 13.8 Å². The van der Waals surface area contributed by atoms with E-state index in [-0.39, 0.29) is 13.0 Å². The number of alkyl carbamates (subject to hydrolysis) is 1. The van der Waals surface area contributed by atoms with E-state index in [4.69, 9.17) is 10.5 Å². The van der Waals surface area contributed by atoms with E-state index in [1.165, 1.54) is 27.7 Å². The Labute approximate surface area is 203 Å². The third-order valence-electron chi connectivity index (χ3n) is 5.43. The molecule has 13 heteroatoms. The molecule has 0 aromatic heterocycles. The molecule has 202 valence electrons. The van der Waals surface area contributed by atoms with Crippen molar-refractivity contribution in [1.29, 1.82) is 0 Å². The highest BCUT2D eigenvalue weighted by molar-refractivity contribution is 6.02. The molecule has 1 rings (SSSR count). The molecule has 1 heterocycles. The summed E-state index contributed by atoms with van der Waals surface area (Å²) >= 11 is 0. The molecule has 0 spiro atoms. The molecule has 1 aliphatic rings. The Morgan fingerprint density at radius 2 is 1.66 bits per heavy atom. The number of nitrogens with zero attached hydrogens (tertiary/aromatic N) is 2. The number of nitrogens with one attached hydrogen (secondary N) is 1. The third-order valence-corrected chi connectivity index (χ3v) is 5.43. The number of likely N-dealkylation sites (tertiary alicyclic amines) is 1. The standard InChI is InChI=1S/C22H37F3N4O6/c1-11(2)15(16(30)22(23,24)25)29(18(32)13(4)27-20(34)35-21(5,6)7)19(33)14-9-8-10-28(14)17(31)12(3)26/h11-16,30H,8-10,26H2,1-7H3,(H,27,34)/t12-,13-,14-,15?,16?/m0/s1. The van der Waals surface area contributed by atoms with Gasteiger partial charge in [0.2, 0.25) is 5.91 Å². The molecule has 0 bridgehead atoms. The van der Waals surface area contributed by atoms with E-state index < -0.39 is 71.8 Å². The minimum atomic E-state index is -5.15. The summed E-state index contributed by atoms with van der Waals surface area (Å²) in [5.74, 6) is -3.87. The molecule has 0 aliphatic carbocycles. The lowest BCUT2D eigenvalue weighted by Crippen LogP contribution is -2.64. The highest BCUT2D eigenvalue weighted by Gasteiger charge is 2.52. The maximum absolute atomic E-state index is 13.6. The highest BCUT2D eigenvalue weighted by atomic mass is 19.4. The van der Waals surface area contributed by atoms with Crippen LogP contribution in [0.3, 0.4) is 0 Å². The zero-order valence-corrected chi connectivity index (χ0v) is 21.2. The predicted molar refractivity (Wildman–Crippen MR) is 120 cm³/mol. The Balaban J connectivity index is 3.44. The number of aliphatic hydroxyl groups is 1. The van der Waals surface area contributed by atoms with Crippen molar-refractivity contribution in [1.82, 2.24) is 15.1 Å². The number of amides is 4. The molecular weight excluding hydrogens is 473 g/mol. The smallest absolute Gasteiger partial charge is 0.416 e. The van der Waals surface area contributed by atoms with Gasteiger partial charge in [0.25, 0.3) is 11.8 Å². The molecule has 0 aromatic carbocycles. The zero-order valence-electron chi connectivity index (χ0n) is 21.2. The number of carbonyl (C=O) groups is 4. The molecule has 10 nitrogen and oxygen atoms in total. The van der Waals surface area contributed by atoms with Crippen molar-refractivity contribution in [3.05, 3.63) is 0 Å². The van der Waals surface area contributed by atoms with Crippen LogP contribution in [-0.4, -0.2) is 87.3 Å². The zero-order chi connectivity index (χ0) is 27.5. The molecule has 1 aliphatic heterocycles. The Hall–Kier alpha value is -2.41. The first kappa shape index (κ1) is 30.6. The van der Waals surface area contributed by atoms with Gasteiger partial charge < -0.3 is 25.8 Å². The lowest BCUT2D eigenvalue weighted by molar-refractivity contribution is -0.226. The minimum Gasteiger partial charge on any atom is -0.444 e. The predicted octanol–water partition coefficient (Wildman–Crippen LogP) is 1.54. The Kier molecular flexibility index (Phi) is 10.1. The first-order valence-corrected chi connectivity index (χ1v) is 11.5. The summed E-state index contributed by atoms with van der Waals surface area (Å²) in [6.07, 6.45) is -8.74. The Bertz CT molecular complexity index is 797. The molecule has 35 heavy (non-hydrogen) atoms. The number of rotatable bonds is 7. The first-order valence-electron chi connectivity index (χ1n) is 11.5. The van der Waals surface area contributed by atoms with Crippen LogP contribution in [0.2, 0.25) is 0 Å². The summed E-state index contributed by atoms with van der Waals surface area (Å²) in [6, 6.07) is -5.70. The van der Waals surface area contributed by atoms with E-state index in [2.05, 4.69) is 5.32 Å². The van der Waals surface area contributed by atoms with Crippen LogP contribution >= 0.6 is 0 Å². The normalized spacial score (nSPS) is 20.1. The van der Waals surface area contributed by atoms with Gasteiger partial charge in [0.05, 0.1) is 12.1 Å². The van der Waals surface area contributed by atoms with Crippen molar-refractivity contribution < 1.29 is 42.2 Å². The quantitative estimate of drug-likeness (QED) is 0.472. The summed E-state index contributed by atoms with van der Waals surface area (Å²) in [4.78, 5) is 53.1. The number of nitrogens with two attached hydrogens (primary N) is 1. The van der Waals surface area contributed by atoms with E-state index >= 15 is 0 Å². The van der Waals surface area contributed by atoms with Crippen LogP contribution in [0.4, 0.5) is 18.0 Å². The Morgan fingerprint density at radius 3 is 2.09 bits per heavy atom. The Morgan fingerprint density at radius 1 is 1.11 bits per heavy atom. The number of imide groups is 1. The van der Waals surface area contributed by atoms with Gasteiger partial charge in [0.1, 0.15) is 17.7 Å². The second kappa shape index (κ2) is 11.5. The first-order chi connectivity index (χ1) is 15.8. The summed E-state index contributed by atoms with van der Waals surface area (Å²) in [7, 11) is 0. The van der Waals surface area contributed by atoms with Crippen LogP contribution in [0.1, 0.15) is 61.3 Å². The number of aliphatic hydroxyl groups excluding tert-OH is 1. The van der Waals surface area contributed by atoms with Crippen molar-refractivity contribution >= 4 is 23.8 Å². The molecule has 4 amide bonds. The number of hydrogen-bond donors (Lipinski definition) is 3. The number of alkyl halides is 3. The number of carbonyl (C=O) groups excluding carboxylic acids is 4. The van der Waals surface area contributed by atoms with Gasteiger partial charge in [0.15, 0.2) is 6.10 Å². The highest BCUT2D eigenvalue weighted by Crippen LogP contribution is 2.31. The van der Waals surface area contributed by atoms with E-state index in [0.717, 1.165) is 4.90 Å². The van der Waals surface area contributed by atoms with Crippen LogP contribution < -0.4 is 11.1 Å². The summed E-state index contributed by atoms with van der Waals surface area (Å²) in [5.41, 5.74) is 4.73. The third kappa shape index (κ3) is 8.06. The number of ether oxygens (including phenoxy) is 1. The summed E-state index contributed by atoms with van der Waals surface area (Å²) < 4.78 is 45.8. The molecule has 0 radical (unpaired) electrons. The van der Waals surface area contributed by atoms with E-state index in [9.17, 15) is 37.5 Å². The fourth-order valence-electron chi connectivity index (χ4n) is 3.86. The lowest BCUT2D eigenvalue weighted by Gasteiger charge is -2.40. The fourth-order valence-corrected chi connectivity index (χ4v) is 3.86. The monoisotopic (exact) mass is 510 g/mol. The SMILES string of the molecule is CC(C)C(C(O)C(F)(F)F)N(C(=O)[C@H](C)NC(=O)OC(C)(C)C)C(=O)[C@@H]1CCCN1C(=O)[C@H](C)N. The van der Waals surface area contributed by atoms with Crippen LogP contribution in [0.15, 0.2) is 0 Å². The molecular formula is C22H37F3N4O6. The summed E-state index contributed by atoms with van der Waals surface area (Å²) in [5, 5.41) is 12.3. The molecule has 0 aromatic rings. The molecule has 0 saturated carbocycles. The molecule has 1 saturated heterocycles. The van der Waals surface area contributed by atoms with Gasteiger partial charge >= 0.3 is 12.3 Å².